The Hall–Kier alpha value is -6.36. The number of quaternary nitrogens is 1. The maximum Gasteiger partial charge on any atom is 0.165 e. The number of fused-ring (bicyclic) bond motifs is 7. The van der Waals surface area contributed by atoms with E-state index in [0.29, 0.717) is 4.48 Å². The fraction of sp³-hybridized carbons (Fsp3) is 0. The van der Waals surface area contributed by atoms with E-state index in [1.807, 2.05) is 24.3 Å². The zero-order valence-electron chi connectivity index (χ0n) is 26.0. The van der Waals surface area contributed by atoms with Gasteiger partial charge in [-0.1, -0.05) is 109 Å². The van der Waals surface area contributed by atoms with Gasteiger partial charge >= 0.3 is 0 Å². The summed E-state index contributed by atoms with van der Waals surface area (Å²) < 4.78 is 2.82. The van der Waals surface area contributed by atoms with Crippen LogP contribution in [0.2, 0.25) is 0 Å². The average molecular weight is 614 g/mol. The highest BCUT2D eigenvalue weighted by atomic mass is 15.4. The number of rotatable bonds is 4. The third-order valence-corrected chi connectivity index (χ3v) is 9.81. The van der Waals surface area contributed by atoms with E-state index in [1.165, 1.54) is 44.6 Å². The highest BCUT2D eigenvalue weighted by molar-refractivity contribution is 6.15. The van der Waals surface area contributed by atoms with Crippen molar-refractivity contribution in [2.45, 2.75) is 0 Å². The minimum absolute atomic E-state index is 0.486. The number of para-hydroxylation sites is 6. The van der Waals surface area contributed by atoms with E-state index in [2.05, 4.69) is 156 Å². The quantitative estimate of drug-likeness (QED) is 0.185. The van der Waals surface area contributed by atoms with Gasteiger partial charge in [-0.3, -0.25) is 4.57 Å². The molecule has 0 bridgehead atoms. The molecule has 0 fully saturated rings. The van der Waals surface area contributed by atoms with Gasteiger partial charge in [-0.15, -0.1) is 0 Å². The first-order chi connectivity index (χ1) is 23.8. The summed E-state index contributed by atoms with van der Waals surface area (Å²) in [6, 6.07) is 62.7. The summed E-state index contributed by atoms with van der Waals surface area (Å²) in [4.78, 5) is 10.6. The largest absolute Gasteiger partial charge is 0.292 e. The molecule has 48 heavy (non-hydrogen) atoms. The summed E-state index contributed by atoms with van der Waals surface area (Å²) in [5, 5.41) is 2.38. The van der Waals surface area contributed by atoms with Crippen molar-refractivity contribution in [1.82, 2.24) is 19.0 Å². The van der Waals surface area contributed by atoms with Crippen LogP contribution in [0.5, 0.6) is 0 Å². The number of benzene rings is 7. The molecule has 0 radical (unpaired) electrons. The predicted molar refractivity (Wildman–Crippen MR) is 198 cm³/mol. The number of aromatic nitrogens is 3. The van der Waals surface area contributed by atoms with Crippen molar-refractivity contribution in [1.29, 1.82) is 0 Å². The summed E-state index contributed by atoms with van der Waals surface area (Å²) in [7, 11) is 0. The summed E-state index contributed by atoms with van der Waals surface area (Å²) >= 11 is 0. The molecule has 1 aliphatic rings. The first-order valence-corrected chi connectivity index (χ1v) is 16.3. The maximum atomic E-state index is 5.38. The molecule has 4 nitrogen and oxygen atoms in total. The van der Waals surface area contributed by atoms with Crippen LogP contribution < -0.4 is 4.48 Å². The Morgan fingerprint density at radius 2 is 1.00 bits per heavy atom. The molecule has 0 atom stereocenters. The Kier molecular flexibility index (Phi) is 5.77. The maximum absolute atomic E-state index is 5.38. The molecule has 0 N–H and O–H groups in total. The zero-order chi connectivity index (χ0) is 31.7. The molecule has 9 aromatic rings. The number of hydrogen-bond acceptors (Lipinski definition) is 2. The Balaban J connectivity index is 1.38. The summed E-state index contributed by atoms with van der Waals surface area (Å²) in [6.45, 7) is 0. The van der Waals surface area contributed by atoms with Gasteiger partial charge in [-0.2, -0.15) is 4.48 Å². The van der Waals surface area contributed by atoms with Crippen LogP contribution in [0.1, 0.15) is 0 Å². The molecular weight excluding hydrogens is 585 g/mol. The topological polar surface area (TPSA) is 30.7 Å². The van der Waals surface area contributed by atoms with Crippen molar-refractivity contribution in [2.24, 2.45) is 0 Å². The fourth-order valence-corrected chi connectivity index (χ4v) is 7.79. The van der Waals surface area contributed by atoms with Crippen molar-refractivity contribution in [3.8, 4) is 28.2 Å². The molecule has 10 rings (SSSR count). The van der Waals surface area contributed by atoms with Gasteiger partial charge in [0.05, 0.1) is 33.2 Å². The van der Waals surface area contributed by atoms with Crippen LogP contribution in [0.15, 0.2) is 176 Å². The van der Waals surface area contributed by atoms with Crippen LogP contribution in [-0.2, 0) is 0 Å². The summed E-state index contributed by atoms with van der Waals surface area (Å²) in [5.41, 5.74) is 13.1. The third-order valence-electron chi connectivity index (χ3n) is 9.81. The molecule has 224 valence electrons. The van der Waals surface area contributed by atoms with Gasteiger partial charge in [-0.25, -0.2) is 9.97 Å². The number of nitrogens with zero attached hydrogens (tertiary/aromatic N) is 4. The van der Waals surface area contributed by atoms with Gasteiger partial charge in [0, 0.05) is 52.7 Å². The van der Waals surface area contributed by atoms with Gasteiger partial charge in [-0.05, 0) is 30.3 Å². The molecule has 0 spiro atoms. The van der Waals surface area contributed by atoms with E-state index in [9.17, 15) is 0 Å². The normalized spacial score (nSPS) is 13.2. The number of hydrogen-bond donors (Lipinski definition) is 0. The van der Waals surface area contributed by atoms with Crippen LogP contribution in [0, 0.1) is 0 Å². The smallest absolute Gasteiger partial charge is 0.165 e. The summed E-state index contributed by atoms with van der Waals surface area (Å²) in [5.74, 6) is 0.819. The molecule has 7 aromatic carbocycles. The van der Waals surface area contributed by atoms with Gasteiger partial charge in [0.1, 0.15) is 17.1 Å². The highest BCUT2D eigenvalue weighted by Crippen LogP contribution is 2.63. The minimum Gasteiger partial charge on any atom is -0.292 e. The first-order valence-electron chi connectivity index (χ1n) is 16.3. The molecule has 0 aliphatic carbocycles. The summed E-state index contributed by atoms with van der Waals surface area (Å²) in [6.07, 6.45) is 0. The van der Waals surface area contributed by atoms with Crippen molar-refractivity contribution in [3.05, 3.63) is 176 Å². The predicted octanol–water partition coefficient (Wildman–Crippen LogP) is 11.7. The fourth-order valence-electron chi connectivity index (χ4n) is 7.79. The minimum atomic E-state index is 0.486. The second kappa shape index (κ2) is 10.3. The second-order valence-electron chi connectivity index (χ2n) is 12.3. The molecule has 0 saturated carbocycles. The third kappa shape index (κ3) is 3.69. The van der Waals surface area contributed by atoms with Crippen molar-refractivity contribution < 1.29 is 0 Å². The second-order valence-corrected chi connectivity index (χ2v) is 12.3. The van der Waals surface area contributed by atoms with Gasteiger partial charge in [0.15, 0.2) is 17.2 Å². The molecular formula is C44H29N4+. The molecule has 0 unspecified atom stereocenters. The SMILES string of the molecule is c1ccc(-c2nc3ccccc3nc2-n2c3ccccc3c3cc4c(cc32)[N+](c2ccccc2)(c2ccccc2)c2ccccc2-4)cc1. The van der Waals surface area contributed by atoms with Crippen LogP contribution in [0.4, 0.5) is 22.7 Å². The van der Waals surface area contributed by atoms with E-state index < -0.39 is 0 Å². The average Bonchev–Trinajstić information content (AvgIpc) is 3.64. The van der Waals surface area contributed by atoms with E-state index >= 15 is 0 Å². The van der Waals surface area contributed by atoms with E-state index in [1.54, 1.807) is 0 Å². The van der Waals surface area contributed by atoms with E-state index in [0.717, 1.165) is 39.1 Å². The van der Waals surface area contributed by atoms with Crippen LogP contribution >= 0.6 is 0 Å². The van der Waals surface area contributed by atoms with Gasteiger partial charge < -0.3 is 0 Å². The highest BCUT2D eigenvalue weighted by Gasteiger charge is 2.48. The lowest BCUT2D eigenvalue weighted by Gasteiger charge is -2.34. The van der Waals surface area contributed by atoms with E-state index in [4.69, 9.17) is 9.97 Å². The molecule has 3 heterocycles. The zero-order valence-corrected chi connectivity index (χ0v) is 26.0. The lowest BCUT2D eigenvalue weighted by atomic mass is 10.0. The van der Waals surface area contributed by atoms with Crippen molar-refractivity contribution in [3.63, 3.8) is 0 Å². The Morgan fingerprint density at radius 3 is 1.73 bits per heavy atom. The lowest BCUT2D eigenvalue weighted by molar-refractivity contribution is 0.721. The first kappa shape index (κ1) is 26.8. The van der Waals surface area contributed by atoms with E-state index in [-0.39, 0.29) is 0 Å². The van der Waals surface area contributed by atoms with Gasteiger partial charge in [0.25, 0.3) is 0 Å². The Morgan fingerprint density at radius 1 is 0.417 bits per heavy atom. The standard InChI is InChI=1S/C44H29N4/c1-4-16-30(17-5-1)43-44(46-38-25-13-12-24-37(38)45-43)47-39-26-14-10-22-33(39)35-28-36-34-23-11-15-27-41(34)48(42(36)29-40(35)47,31-18-6-2-7-19-31)32-20-8-3-9-21-32/h1-29H/q+1. The molecule has 0 saturated heterocycles. The van der Waals surface area contributed by atoms with Crippen LogP contribution in [0.25, 0.3) is 61.0 Å². The van der Waals surface area contributed by atoms with Gasteiger partial charge in [0.2, 0.25) is 0 Å². The van der Waals surface area contributed by atoms with Crippen LogP contribution in [0.3, 0.4) is 0 Å². The Bertz CT molecular complexity index is 2620. The Labute approximate surface area is 278 Å². The van der Waals surface area contributed by atoms with Crippen molar-refractivity contribution >= 4 is 55.6 Å². The molecule has 0 amide bonds. The molecule has 4 heteroatoms. The monoisotopic (exact) mass is 613 g/mol. The van der Waals surface area contributed by atoms with Crippen LogP contribution in [-0.4, -0.2) is 14.5 Å². The molecule has 2 aromatic heterocycles. The lowest BCUT2D eigenvalue weighted by Crippen LogP contribution is -2.31. The molecule has 1 aliphatic heterocycles. The van der Waals surface area contributed by atoms with Crippen molar-refractivity contribution in [2.75, 3.05) is 0 Å².